The Balaban J connectivity index is 2.56. The van der Waals surface area contributed by atoms with E-state index in [4.69, 9.17) is 16.3 Å². The lowest BCUT2D eigenvalue weighted by Gasteiger charge is -2.07. The van der Waals surface area contributed by atoms with Gasteiger partial charge in [-0.2, -0.15) is 0 Å². The molecule has 0 saturated heterocycles. The molecule has 0 aliphatic rings. The molecule has 18 heavy (non-hydrogen) atoms. The molecular formula is C14H17ClO3. The maximum absolute atomic E-state index is 11.9. The van der Waals surface area contributed by atoms with Gasteiger partial charge in [0.05, 0.1) is 7.11 Å². The summed E-state index contributed by atoms with van der Waals surface area (Å²) < 4.78 is 5.02. The highest BCUT2D eigenvalue weighted by Crippen LogP contribution is 2.16. The fraction of sp³-hybridized carbons (Fsp3) is 0.429. The highest BCUT2D eigenvalue weighted by atomic mass is 35.5. The Bertz CT molecular complexity index is 412. The van der Waals surface area contributed by atoms with Crippen molar-refractivity contribution in [2.24, 2.45) is 0 Å². The van der Waals surface area contributed by atoms with Gasteiger partial charge in [-0.3, -0.25) is 9.59 Å². The maximum Gasteiger partial charge on any atom is 0.164 e. The maximum atomic E-state index is 11.9. The Morgan fingerprint density at radius 1 is 1.22 bits per heavy atom. The van der Waals surface area contributed by atoms with Crippen LogP contribution in [0, 0.1) is 0 Å². The number of halogens is 1. The van der Waals surface area contributed by atoms with E-state index in [0.717, 1.165) is 0 Å². The van der Waals surface area contributed by atoms with Crippen LogP contribution in [0.4, 0.5) is 0 Å². The molecule has 0 fully saturated rings. The number of carbonyl (C=O) groups is 2. The zero-order valence-corrected chi connectivity index (χ0v) is 11.4. The van der Waals surface area contributed by atoms with Crippen LogP contribution in [0.3, 0.4) is 0 Å². The van der Waals surface area contributed by atoms with Crippen LogP contribution in [0.15, 0.2) is 24.3 Å². The van der Waals surface area contributed by atoms with Crippen molar-refractivity contribution >= 4 is 23.2 Å². The molecule has 1 aromatic rings. The number of methoxy groups -OCH3 is 1. The van der Waals surface area contributed by atoms with Crippen LogP contribution < -0.4 is 4.74 Å². The average Bonchev–Trinajstić information content (AvgIpc) is 2.38. The molecule has 98 valence electrons. The lowest BCUT2D eigenvalue weighted by atomic mass is 10.0. The van der Waals surface area contributed by atoms with Crippen LogP contribution in [0.25, 0.3) is 0 Å². The molecule has 1 unspecified atom stereocenters. The highest BCUT2D eigenvalue weighted by Gasteiger charge is 2.15. The normalized spacial score (nSPS) is 11.9. The molecule has 4 heteroatoms. The van der Waals surface area contributed by atoms with Gasteiger partial charge in [0.2, 0.25) is 0 Å². The number of rotatable bonds is 7. The molecule has 1 rings (SSSR count). The minimum absolute atomic E-state index is 0.0541. The second kappa shape index (κ2) is 7.17. The van der Waals surface area contributed by atoms with Crippen molar-refractivity contribution in [2.75, 3.05) is 7.11 Å². The molecule has 0 saturated carbocycles. The molecule has 0 radical (unpaired) electrons. The summed E-state index contributed by atoms with van der Waals surface area (Å²) in [4.78, 5) is 23.1. The molecule has 0 aliphatic carbocycles. The van der Waals surface area contributed by atoms with Crippen LogP contribution >= 0.6 is 11.6 Å². The lowest BCUT2D eigenvalue weighted by molar-refractivity contribution is -0.118. The van der Waals surface area contributed by atoms with Crippen LogP contribution in [0.1, 0.15) is 36.5 Å². The van der Waals surface area contributed by atoms with E-state index in [9.17, 15) is 9.59 Å². The Labute approximate surface area is 112 Å². The van der Waals surface area contributed by atoms with Gasteiger partial charge < -0.3 is 4.74 Å². The summed E-state index contributed by atoms with van der Waals surface area (Å²) in [5.41, 5.74) is 0.588. The molecule has 0 aliphatic heterocycles. The van der Waals surface area contributed by atoms with Crippen molar-refractivity contribution in [3.8, 4) is 5.75 Å². The van der Waals surface area contributed by atoms with Gasteiger partial charge in [0, 0.05) is 30.2 Å². The monoisotopic (exact) mass is 268 g/mol. The molecule has 0 aromatic heterocycles. The third-order valence-corrected chi connectivity index (χ3v) is 2.97. The highest BCUT2D eigenvalue weighted by molar-refractivity contribution is 6.23. The standard InChI is InChI=1S/C14H17ClO3/c1-3-12(16)8-11(15)9-14(17)10-4-6-13(18-2)7-5-10/h4-7,11H,3,8-9H2,1-2H3. The van der Waals surface area contributed by atoms with Crippen molar-refractivity contribution in [2.45, 2.75) is 31.6 Å². The second-order valence-corrected chi connectivity index (χ2v) is 4.67. The third-order valence-electron chi connectivity index (χ3n) is 2.66. The minimum Gasteiger partial charge on any atom is -0.497 e. The van der Waals surface area contributed by atoms with Gasteiger partial charge >= 0.3 is 0 Å². The van der Waals surface area contributed by atoms with Gasteiger partial charge in [-0.15, -0.1) is 11.6 Å². The summed E-state index contributed by atoms with van der Waals surface area (Å²) in [5.74, 6) is 0.731. The molecule has 0 N–H and O–H groups in total. The quantitative estimate of drug-likeness (QED) is 0.563. The fourth-order valence-electron chi connectivity index (χ4n) is 1.56. The first-order chi connectivity index (χ1) is 8.56. The van der Waals surface area contributed by atoms with Crippen molar-refractivity contribution in [1.82, 2.24) is 0 Å². The van der Waals surface area contributed by atoms with Crippen molar-refractivity contribution < 1.29 is 14.3 Å². The molecule has 0 bridgehead atoms. The van der Waals surface area contributed by atoms with Crippen LogP contribution in [0.2, 0.25) is 0 Å². The number of alkyl halides is 1. The summed E-state index contributed by atoms with van der Waals surface area (Å²) in [6, 6.07) is 6.86. The third kappa shape index (κ3) is 4.49. The van der Waals surface area contributed by atoms with Crippen LogP contribution in [0.5, 0.6) is 5.75 Å². The van der Waals surface area contributed by atoms with Crippen molar-refractivity contribution in [1.29, 1.82) is 0 Å². The average molecular weight is 269 g/mol. The Morgan fingerprint density at radius 3 is 2.33 bits per heavy atom. The molecular weight excluding hydrogens is 252 g/mol. The fourth-order valence-corrected chi connectivity index (χ4v) is 1.87. The zero-order chi connectivity index (χ0) is 13.5. The van der Waals surface area contributed by atoms with E-state index in [1.807, 2.05) is 0 Å². The number of ether oxygens (including phenoxy) is 1. The van der Waals surface area contributed by atoms with Gasteiger partial charge in [-0.25, -0.2) is 0 Å². The number of hydrogen-bond donors (Lipinski definition) is 0. The zero-order valence-electron chi connectivity index (χ0n) is 10.6. The van der Waals surface area contributed by atoms with E-state index in [-0.39, 0.29) is 24.4 Å². The smallest absolute Gasteiger partial charge is 0.164 e. The number of carbonyl (C=O) groups excluding carboxylic acids is 2. The van der Waals surface area contributed by atoms with Crippen molar-refractivity contribution in [3.05, 3.63) is 29.8 Å². The van der Waals surface area contributed by atoms with Gasteiger partial charge in [-0.05, 0) is 24.3 Å². The van der Waals surface area contributed by atoms with E-state index in [1.165, 1.54) is 0 Å². The molecule has 0 amide bonds. The van der Waals surface area contributed by atoms with Gasteiger partial charge in [0.1, 0.15) is 11.5 Å². The molecule has 1 aromatic carbocycles. The number of hydrogen-bond acceptors (Lipinski definition) is 3. The van der Waals surface area contributed by atoms with Gasteiger partial charge in [0.15, 0.2) is 5.78 Å². The molecule has 0 spiro atoms. The topological polar surface area (TPSA) is 43.4 Å². The number of ketones is 2. The molecule has 0 heterocycles. The van der Waals surface area contributed by atoms with E-state index in [2.05, 4.69) is 0 Å². The Kier molecular flexibility index (Phi) is 5.86. The first-order valence-electron chi connectivity index (χ1n) is 5.89. The van der Waals surface area contributed by atoms with E-state index in [1.54, 1.807) is 38.3 Å². The lowest BCUT2D eigenvalue weighted by Crippen LogP contribution is -2.12. The van der Waals surface area contributed by atoms with Crippen LogP contribution in [-0.4, -0.2) is 24.1 Å². The predicted molar refractivity (Wildman–Crippen MR) is 71.5 cm³/mol. The first-order valence-corrected chi connectivity index (χ1v) is 6.33. The summed E-state index contributed by atoms with van der Waals surface area (Å²) in [6.45, 7) is 1.79. The Hall–Kier alpha value is -1.35. The molecule has 1 atom stereocenters. The number of benzene rings is 1. The van der Waals surface area contributed by atoms with E-state index >= 15 is 0 Å². The predicted octanol–water partition coefficient (Wildman–Crippen LogP) is 3.24. The van der Waals surface area contributed by atoms with Gasteiger partial charge in [0.25, 0.3) is 0 Å². The van der Waals surface area contributed by atoms with Gasteiger partial charge in [-0.1, -0.05) is 6.92 Å². The largest absolute Gasteiger partial charge is 0.497 e. The van der Waals surface area contributed by atoms with E-state index < -0.39 is 5.38 Å². The summed E-state index contributed by atoms with van der Waals surface area (Å²) in [7, 11) is 1.57. The Morgan fingerprint density at radius 2 is 1.83 bits per heavy atom. The first kappa shape index (κ1) is 14.7. The SMILES string of the molecule is CCC(=O)CC(Cl)CC(=O)c1ccc(OC)cc1. The summed E-state index contributed by atoms with van der Waals surface area (Å²) >= 11 is 5.99. The van der Waals surface area contributed by atoms with E-state index in [0.29, 0.717) is 17.7 Å². The summed E-state index contributed by atoms with van der Waals surface area (Å²) in [6.07, 6.45) is 0.888. The second-order valence-electron chi connectivity index (χ2n) is 4.05. The number of Topliss-reactive ketones (excluding diaryl/α,β-unsaturated/α-hetero) is 2. The van der Waals surface area contributed by atoms with Crippen LogP contribution in [-0.2, 0) is 4.79 Å². The summed E-state index contributed by atoms with van der Waals surface area (Å²) in [5, 5.41) is -0.424. The van der Waals surface area contributed by atoms with Crippen molar-refractivity contribution in [3.63, 3.8) is 0 Å². The molecule has 3 nitrogen and oxygen atoms in total. The minimum atomic E-state index is -0.424.